The number of rotatable bonds is 6. The third-order valence-corrected chi connectivity index (χ3v) is 3.23. The van der Waals surface area contributed by atoms with Gasteiger partial charge in [0.05, 0.1) is 18.8 Å². The maximum Gasteiger partial charge on any atom is 0.246 e. The summed E-state index contributed by atoms with van der Waals surface area (Å²) in [4.78, 5) is 13.5. The lowest BCUT2D eigenvalue weighted by Crippen LogP contribution is -2.47. The molecule has 1 amide bonds. The van der Waals surface area contributed by atoms with Gasteiger partial charge in [-0.15, -0.1) is 0 Å². The molecule has 1 rings (SSSR count). The summed E-state index contributed by atoms with van der Waals surface area (Å²) >= 11 is 0. The van der Waals surface area contributed by atoms with Crippen molar-refractivity contribution >= 4 is 12.0 Å². The molecule has 0 aliphatic carbocycles. The first-order chi connectivity index (χ1) is 9.40. The Morgan fingerprint density at radius 3 is 2.45 bits per heavy atom. The van der Waals surface area contributed by atoms with Crippen molar-refractivity contribution in [2.45, 2.75) is 26.3 Å². The van der Waals surface area contributed by atoms with Crippen molar-refractivity contribution in [3.05, 3.63) is 35.9 Å². The van der Waals surface area contributed by atoms with E-state index in [1.54, 1.807) is 13.1 Å². The molecule has 0 radical (unpaired) electrons. The fourth-order valence-electron chi connectivity index (χ4n) is 1.53. The summed E-state index contributed by atoms with van der Waals surface area (Å²) in [5.74, 6) is 0.674. The molecule has 4 heteroatoms. The molecule has 0 atom stereocenters. The molecule has 0 saturated heterocycles. The zero-order chi connectivity index (χ0) is 15.2. The van der Waals surface area contributed by atoms with Crippen LogP contribution < -0.4 is 4.74 Å². The Morgan fingerprint density at radius 1 is 1.35 bits per heavy atom. The van der Waals surface area contributed by atoms with Gasteiger partial charge < -0.3 is 14.7 Å². The van der Waals surface area contributed by atoms with Crippen molar-refractivity contribution in [2.75, 3.05) is 20.3 Å². The number of ether oxygens (including phenoxy) is 1. The second kappa shape index (κ2) is 7.10. The van der Waals surface area contributed by atoms with Crippen molar-refractivity contribution in [1.82, 2.24) is 4.90 Å². The molecule has 1 N–H and O–H groups in total. The van der Waals surface area contributed by atoms with E-state index in [4.69, 9.17) is 4.74 Å². The molecule has 0 unspecified atom stereocenters. The third-order valence-electron chi connectivity index (χ3n) is 3.23. The first kappa shape index (κ1) is 16.2. The first-order valence-corrected chi connectivity index (χ1v) is 6.70. The number of carbonyl (C=O) groups excluding carboxylic acids is 1. The minimum Gasteiger partial charge on any atom is -0.494 e. The summed E-state index contributed by atoms with van der Waals surface area (Å²) in [7, 11) is 1.68. The van der Waals surface area contributed by atoms with Gasteiger partial charge in [0.1, 0.15) is 5.75 Å². The maximum absolute atomic E-state index is 12.0. The molecule has 20 heavy (non-hydrogen) atoms. The average molecular weight is 277 g/mol. The summed E-state index contributed by atoms with van der Waals surface area (Å²) in [6.45, 7) is 6.12. The van der Waals surface area contributed by atoms with Crippen molar-refractivity contribution in [3.8, 4) is 5.75 Å². The van der Waals surface area contributed by atoms with E-state index in [1.165, 1.54) is 11.0 Å². The summed E-state index contributed by atoms with van der Waals surface area (Å²) < 4.78 is 5.36. The van der Waals surface area contributed by atoms with Crippen LogP contribution in [-0.4, -0.2) is 41.7 Å². The summed E-state index contributed by atoms with van der Waals surface area (Å²) in [6.07, 6.45) is 3.26. The number of hydrogen-bond acceptors (Lipinski definition) is 3. The van der Waals surface area contributed by atoms with Crippen LogP contribution in [0.2, 0.25) is 0 Å². The molecule has 0 saturated carbocycles. The molecule has 0 fully saturated rings. The topological polar surface area (TPSA) is 49.8 Å². The molecule has 0 aliphatic heterocycles. The number of nitrogens with zero attached hydrogens (tertiary/aromatic N) is 1. The number of carbonyl (C=O) groups is 1. The lowest BCUT2D eigenvalue weighted by atomic mass is 10.1. The monoisotopic (exact) mass is 277 g/mol. The smallest absolute Gasteiger partial charge is 0.246 e. The van der Waals surface area contributed by atoms with E-state index in [2.05, 4.69) is 0 Å². The lowest BCUT2D eigenvalue weighted by molar-refractivity contribution is -0.130. The predicted molar refractivity (Wildman–Crippen MR) is 80.6 cm³/mol. The van der Waals surface area contributed by atoms with Crippen LogP contribution in [0.1, 0.15) is 26.3 Å². The van der Waals surface area contributed by atoms with Crippen LogP contribution in [0.3, 0.4) is 0 Å². The van der Waals surface area contributed by atoms with E-state index in [0.717, 1.165) is 11.3 Å². The predicted octanol–water partition coefficient (Wildman–Crippen LogP) is 2.33. The van der Waals surface area contributed by atoms with E-state index in [-0.39, 0.29) is 12.5 Å². The van der Waals surface area contributed by atoms with E-state index in [1.807, 2.05) is 45.0 Å². The number of hydrogen-bond donors (Lipinski definition) is 1. The van der Waals surface area contributed by atoms with Gasteiger partial charge in [0, 0.05) is 13.1 Å². The Bertz CT molecular complexity index is 463. The largest absolute Gasteiger partial charge is 0.494 e. The van der Waals surface area contributed by atoms with E-state index >= 15 is 0 Å². The van der Waals surface area contributed by atoms with Gasteiger partial charge >= 0.3 is 0 Å². The van der Waals surface area contributed by atoms with Crippen LogP contribution in [0.4, 0.5) is 0 Å². The molecule has 0 heterocycles. The van der Waals surface area contributed by atoms with E-state index in [9.17, 15) is 9.90 Å². The van der Waals surface area contributed by atoms with E-state index in [0.29, 0.717) is 6.61 Å². The minimum absolute atomic E-state index is 0.0772. The molecule has 0 bridgehead atoms. The lowest BCUT2D eigenvalue weighted by Gasteiger charge is -2.33. The highest BCUT2D eigenvalue weighted by Gasteiger charge is 2.25. The Labute approximate surface area is 120 Å². The number of amides is 1. The zero-order valence-electron chi connectivity index (χ0n) is 12.6. The van der Waals surface area contributed by atoms with Gasteiger partial charge in [0.25, 0.3) is 0 Å². The second-order valence-corrected chi connectivity index (χ2v) is 5.20. The molecule has 0 aliphatic rings. The van der Waals surface area contributed by atoms with Gasteiger partial charge in [-0.2, -0.15) is 0 Å². The van der Waals surface area contributed by atoms with Gasteiger partial charge in [-0.05, 0) is 44.5 Å². The van der Waals surface area contributed by atoms with Crippen LogP contribution in [0, 0.1) is 0 Å². The molecule has 1 aromatic rings. The SMILES string of the molecule is CCOc1ccc(/C=C/C(=O)N(C)C(C)(C)CO)cc1. The second-order valence-electron chi connectivity index (χ2n) is 5.20. The van der Waals surface area contributed by atoms with Gasteiger partial charge in [0.15, 0.2) is 0 Å². The van der Waals surface area contributed by atoms with Gasteiger partial charge in [-0.25, -0.2) is 0 Å². The van der Waals surface area contributed by atoms with Crippen molar-refractivity contribution < 1.29 is 14.6 Å². The Balaban J connectivity index is 2.70. The number of benzene rings is 1. The summed E-state index contributed by atoms with van der Waals surface area (Å²) in [6, 6.07) is 7.53. The number of aliphatic hydroxyl groups is 1. The normalized spacial score (nSPS) is 11.7. The fraction of sp³-hybridized carbons (Fsp3) is 0.438. The highest BCUT2D eigenvalue weighted by atomic mass is 16.5. The highest BCUT2D eigenvalue weighted by Crippen LogP contribution is 2.15. The standard InChI is InChI=1S/C16H23NO3/c1-5-20-14-9-6-13(7-10-14)8-11-15(19)17(4)16(2,3)12-18/h6-11,18H,5,12H2,1-4H3/b11-8+. The molecule has 110 valence electrons. The van der Waals surface area contributed by atoms with Crippen LogP contribution in [0.25, 0.3) is 6.08 Å². The van der Waals surface area contributed by atoms with Gasteiger partial charge in [-0.1, -0.05) is 12.1 Å². The summed E-state index contributed by atoms with van der Waals surface area (Å²) in [5, 5.41) is 9.25. The maximum atomic E-state index is 12.0. The van der Waals surface area contributed by atoms with Crippen molar-refractivity contribution in [1.29, 1.82) is 0 Å². The first-order valence-electron chi connectivity index (χ1n) is 6.70. The number of aliphatic hydroxyl groups excluding tert-OH is 1. The molecule has 4 nitrogen and oxygen atoms in total. The van der Waals surface area contributed by atoms with Crippen molar-refractivity contribution in [3.63, 3.8) is 0 Å². The van der Waals surface area contributed by atoms with Crippen LogP contribution in [0.15, 0.2) is 30.3 Å². The molecule has 0 spiro atoms. The average Bonchev–Trinajstić information content (AvgIpc) is 2.45. The third kappa shape index (κ3) is 4.38. The molecular formula is C16H23NO3. The summed E-state index contributed by atoms with van der Waals surface area (Å²) in [5.41, 5.74) is 0.359. The Kier molecular flexibility index (Phi) is 5.77. The quantitative estimate of drug-likeness (QED) is 0.812. The van der Waals surface area contributed by atoms with Crippen LogP contribution >= 0.6 is 0 Å². The number of likely N-dealkylation sites (N-methyl/N-ethyl adjacent to an activating group) is 1. The van der Waals surface area contributed by atoms with Gasteiger partial charge in [0.2, 0.25) is 5.91 Å². The fourth-order valence-corrected chi connectivity index (χ4v) is 1.53. The van der Waals surface area contributed by atoms with Crippen molar-refractivity contribution in [2.24, 2.45) is 0 Å². The minimum atomic E-state index is -0.569. The molecule has 0 aromatic heterocycles. The highest BCUT2D eigenvalue weighted by molar-refractivity contribution is 5.92. The van der Waals surface area contributed by atoms with Crippen LogP contribution in [-0.2, 0) is 4.79 Å². The Morgan fingerprint density at radius 2 is 1.95 bits per heavy atom. The van der Waals surface area contributed by atoms with E-state index < -0.39 is 5.54 Å². The molecular weight excluding hydrogens is 254 g/mol. The molecule has 1 aromatic carbocycles. The van der Waals surface area contributed by atoms with Crippen LogP contribution in [0.5, 0.6) is 5.75 Å². The van der Waals surface area contributed by atoms with Gasteiger partial charge in [-0.3, -0.25) is 4.79 Å². The zero-order valence-corrected chi connectivity index (χ0v) is 12.6. The Hall–Kier alpha value is -1.81.